The molecule has 0 spiro atoms. The molecule has 1 amide bonds. The Balaban J connectivity index is 4.01. The van der Waals surface area contributed by atoms with Crippen molar-refractivity contribution in [2.24, 2.45) is 0 Å². The molecule has 0 saturated heterocycles. The topological polar surface area (TPSA) is 108 Å². The third-order valence-corrected chi connectivity index (χ3v) is 16.8. The number of nitrogens with zero attached hydrogens (tertiary/aromatic N) is 1. The number of carbonyl (C=O) groups is 1. The van der Waals surface area contributed by atoms with Crippen LogP contribution in [0.5, 0.6) is 0 Å². The Bertz CT molecular complexity index is 1170. The summed E-state index contributed by atoms with van der Waals surface area (Å²) in [7, 11) is 1.33. The van der Waals surface area contributed by atoms with Crippen LogP contribution in [0, 0.1) is 0 Å². The van der Waals surface area contributed by atoms with Crippen molar-refractivity contribution in [1.29, 1.82) is 0 Å². The number of aliphatic hydroxyl groups excluding tert-OH is 1. The van der Waals surface area contributed by atoms with Crippen molar-refractivity contribution in [3.63, 3.8) is 0 Å². The summed E-state index contributed by atoms with van der Waals surface area (Å²) in [4.78, 5) is 25.6. The van der Waals surface area contributed by atoms with E-state index in [0.29, 0.717) is 23.9 Å². The first-order chi connectivity index (χ1) is 36.0. The first kappa shape index (κ1) is 73.5. The molecule has 0 rings (SSSR count). The van der Waals surface area contributed by atoms with Crippen molar-refractivity contribution in [2.45, 2.75) is 373 Å². The number of phosphoric ester groups is 1. The predicted octanol–water partition coefficient (Wildman–Crippen LogP) is 20.1. The molecule has 0 saturated carbocycles. The van der Waals surface area contributed by atoms with E-state index >= 15 is 0 Å². The maximum absolute atomic E-state index is 13.0. The Morgan fingerprint density at radius 3 is 0.919 bits per heavy atom. The third-order valence-electron chi connectivity index (χ3n) is 15.8. The molecule has 0 bridgehead atoms. The fourth-order valence-electron chi connectivity index (χ4n) is 10.6. The smallest absolute Gasteiger partial charge is 0.268 e. The largest absolute Gasteiger partial charge is 0.756 e. The highest BCUT2D eigenvalue weighted by atomic mass is 31.2. The first-order valence-electron chi connectivity index (χ1n) is 33.4. The van der Waals surface area contributed by atoms with Crippen LogP contribution in [0.1, 0.15) is 361 Å². The first-order valence-corrected chi connectivity index (χ1v) is 34.8. The van der Waals surface area contributed by atoms with Crippen LogP contribution in [0.4, 0.5) is 0 Å². The summed E-state index contributed by atoms with van der Waals surface area (Å²) in [6.07, 6.45) is 70.2. The second kappa shape index (κ2) is 57.2. The number of rotatable bonds is 63. The second-order valence-electron chi connectivity index (χ2n) is 24.5. The molecular formula is C65H133N2O6P. The maximum atomic E-state index is 13.0. The molecular weight excluding hydrogens is 936 g/mol. The maximum Gasteiger partial charge on any atom is 0.268 e. The van der Waals surface area contributed by atoms with Gasteiger partial charge in [-0.2, -0.15) is 0 Å². The zero-order valence-corrected chi connectivity index (χ0v) is 51.7. The molecule has 0 aliphatic rings. The number of unbranched alkanes of at least 4 members (excludes halogenated alkanes) is 50. The summed E-state index contributed by atoms with van der Waals surface area (Å²) in [5.74, 6) is -0.154. The van der Waals surface area contributed by atoms with Gasteiger partial charge in [-0.1, -0.05) is 341 Å². The molecule has 0 aromatic carbocycles. The van der Waals surface area contributed by atoms with Gasteiger partial charge in [-0.25, -0.2) is 0 Å². The molecule has 2 N–H and O–H groups in total. The highest BCUT2D eigenvalue weighted by Gasteiger charge is 2.24. The molecule has 0 fully saturated rings. The Labute approximate surface area is 463 Å². The lowest BCUT2D eigenvalue weighted by atomic mass is 10.0. The molecule has 444 valence electrons. The quantitative estimate of drug-likeness (QED) is 0.0357. The minimum absolute atomic E-state index is 0.0169. The average molecular weight is 1070 g/mol. The lowest BCUT2D eigenvalue weighted by Crippen LogP contribution is -2.46. The molecule has 3 unspecified atom stereocenters. The lowest BCUT2D eigenvalue weighted by Gasteiger charge is -2.30. The Morgan fingerprint density at radius 2 is 0.662 bits per heavy atom. The fraction of sp³-hybridized carbons (Fsp3) is 0.985. The molecule has 3 atom stereocenters. The van der Waals surface area contributed by atoms with Crippen LogP contribution in [0.3, 0.4) is 0 Å². The van der Waals surface area contributed by atoms with E-state index < -0.39 is 20.0 Å². The SMILES string of the molecule is CCCCCCCCCCCCCCCCCCCCCCCCCCCCCCCC(=O)NC(COP(=O)([O-])OCC[N+](C)(C)C)C(O)CCCCCCCCCCCCCCCCCCCCCCCCC. The third kappa shape index (κ3) is 59.2. The number of quaternary nitrogens is 1. The van der Waals surface area contributed by atoms with Crippen molar-refractivity contribution >= 4 is 13.7 Å². The van der Waals surface area contributed by atoms with Crippen LogP contribution in [0.2, 0.25) is 0 Å². The van der Waals surface area contributed by atoms with Crippen LogP contribution < -0.4 is 10.2 Å². The predicted molar refractivity (Wildman–Crippen MR) is 321 cm³/mol. The Hall–Kier alpha value is -0.500. The van der Waals surface area contributed by atoms with Gasteiger partial charge in [-0.15, -0.1) is 0 Å². The van der Waals surface area contributed by atoms with Crippen LogP contribution in [0.15, 0.2) is 0 Å². The normalized spacial score (nSPS) is 13.7. The summed E-state index contributed by atoms with van der Waals surface area (Å²) in [6.45, 7) is 4.80. The van der Waals surface area contributed by atoms with Crippen molar-refractivity contribution in [3.8, 4) is 0 Å². The number of nitrogens with one attached hydrogen (secondary N) is 1. The Morgan fingerprint density at radius 1 is 0.419 bits per heavy atom. The molecule has 0 aliphatic carbocycles. The summed E-state index contributed by atoms with van der Waals surface area (Å²) >= 11 is 0. The molecule has 0 aromatic heterocycles. The van der Waals surface area contributed by atoms with Crippen molar-refractivity contribution in [1.82, 2.24) is 5.32 Å². The number of aliphatic hydroxyl groups is 1. The van der Waals surface area contributed by atoms with Crippen LogP contribution in [-0.2, 0) is 18.4 Å². The van der Waals surface area contributed by atoms with Crippen molar-refractivity contribution in [3.05, 3.63) is 0 Å². The monoisotopic (exact) mass is 1070 g/mol. The van der Waals surface area contributed by atoms with E-state index in [1.807, 2.05) is 21.1 Å². The molecule has 0 aromatic rings. The minimum atomic E-state index is -4.57. The number of hydrogen-bond acceptors (Lipinski definition) is 6. The molecule has 8 nitrogen and oxygen atoms in total. The highest BCUT2D eigenvalue weighted by Crippen LogP contribution is 2.38. The van der Waals surface area contributed by atoms with Crippen LogP contribution in [0.25, 0.3) is 0 Å². The van der Waals surface area contributed by atoms with Gasteiger partial charge in [0.2, 0.25) is 5.91 Å². The van der Waals surface area contributed by atoms with Gasteiger partial charge in [0.1, 0.15) is 13.2 Å². The summed E-state index contributed by atoms with van der Waals surface area (Å²) in [5, 5.41) is 14.1. The van der Waals surface area contributed by atoms with Gasteiger partial charge >= 0.3 is 0 Å². The van der Waals surface area contributed by atoms with Crippen LogP contribution in [-0.4, -0.2) is 68.5 Å². The van der Waals surface area contributed by atoms with Gasteiger partial charge in [-0.05, 0) is 12.8 Å². The number of amides is 1. The standard InChI is InChI=1S/C65H133N2O6P/c1-6-8-10-12-14-16-18-20-22-24-26-28-30-31-32-33-34-35-37-39-41-43-45-47-49-51-53-55-57-59-65(69)66-63(62-73-74(70,71)72-61-60-67(3,4)5)64(68)58-56-54-52-50-48-46-44-42-40-38-36-29-27-25-23-21-19-17-15-13-11-9-7-2/h63-64,68H,6-62H2,1-5H3,(H-,66,69,70,71). The number of hydrogen-bond donors (Lipinski definition) is 2. The summed E-state index contributed by atoms with van der Waals surface area (Å²) in [5.41, 5.74) is 0. The van der Waals surface area contributed by atoms with Crippen molar-refractivity contribution in [2.75, 3.05) is 40.9 Å². The molecule has 0 radical (unpaired) electrons. The van der Waals surface area contributed by atoms with E-state index in [2.05, 4.69) is 19.2 Å². The van der Waals surface area contributed by atoms with Crippen molar-refractivity contribution < 1.29 is 32.9 Å². The second-order valence-corrected chi connectivity index (χ2v) is 26.0. The molecule has 74 heavy (non-hydrogen) atoms. The molecule has 0 aliphatic heterocycles. The van der Waals surface area contributed by atoms with Gasteiger partial charge in [-0.3, -0.25) is 9.36 Å². The zero-order chi connectivity index (χ0) is 54.2. The highest BCUT2D eigenvalue weighted by molar-refractivity contribution is 7.45. The van der Waals surface area contributed by atoms with Gasteiger partial charge in [0, 0.05) is 6.42 Å². The van der Waals surface area contributed by atoms with E-state index in [1.165, 1.54) is 295 Å². The minimum Gasteiger partial charge on any atom is -0.756 e. The number of likely N-dealkylation sites (N-methyl/N-ethyl adjacent to an activating group) is 1. The van der Waals surface area contributed by atoms with Gasteiger partial charge in [0.25, 0.3) is 7.82 Å². The molecule has 0 heterocycles. The van der Waals surface area contributed by atoms with Gasteiger partial charge in [0.15, 0.2) is 0 Å². The number of carbonyl (C=O) groups excluding carboxylic acids is 1. The van der Waals surface area contributed by atoms with E-state index in [-0.39, 0.29) is 19.1 Å². The fourth-order valence-corrected chi connectivity index (χ4v) is 11.4. The summed E-state index contributed by atoms with van der Waals surface area (Å²) < 4.78 is 23.5. The Kier molecular flexibility index (Phi) is 56.8. The summed E-state index contributed by atoms with van der Waals surface area (Å²) in [6, 6.07) is -0.796. The van der Waals surface area contributed by atoms with E-state index in [9.17, 15) is 19.4 Å². The number of phosphoric acid groups is 1. The lowest BCUT2D eigenvalue weighted by molar-refractivity contribution is -0.870. The average Bonchev–Trinajstić information content (AvgIpc) is 3.36. The van der Waals surface area contributed by atoms with E-state index in [0.717, 1.165) is 38.5 Å². The van der Waals surface area contributed by atoms with Gasteiger partial charge < -0.3 is 28.8 Å². The van der Waals surface area contributed by atoms with E-state index in [1.54, 1.807) is 0 Å². The van der Waals surface area contributed by atoms with Gasteiger partial charge in [0.05, 0.1) is 39.9 Å². The molecule has 9 heteroatoms. The van der Waals surface area contributed by atoms with E-state index in [4.69, 9.17) is 9.05 Å². The van der Waals surface area contributed by atoms with Crippen LogP contribution >= 0.6 is 7.82 Å². The zero-order valence-electron chi connectivity index (χ0n) is 50.8.